The molecule has 0 aliphatic heterocycles. The fraction of sp³-hybridized carbons (Fsp3) is 0.115. The Bertz CT molecular complexity index is 1090. The number of aliphatic imine (C=N–C) groups is 1. The first-order chi connectivity index (χ1) is 13.8. The minimum atomic E-state index is 0.0958. The summed E-state index contributed by atoms with van der Waals surface area (Å²) in [5, 5.41) is 2.50. The lowest BCUT2D eigenvalue weighted by molar-refractivity contribution is 0.306. The Balaban J connectivity index is 1.44. The van der Waals surface area contributed by atoms with E-state index in [4.69, 9.17) is 9.73 Å². The zero-order valence-corrected chi connectivity index (χ0v) is 16.0. The van der Waals surface area contributed by atoms with Gasteiger partial charge in [-0.15, -0.1) is 0 Å². The van der Waals surface area contributed by atoms with Crippen molar-refractivity contribution in [2.45, 2.75) is 19.6 Å². The van der Waals surface area contributed by atoms with Crippen molar-refractivity contribution in [3.63, 3.8) is 0 Å². The van der Waals surface area contributed by atoms with E-state index in [1.54, 1.807) is 0 Å². The summed E-state index contributed by atoms with van der Waals surface area (Å²) in [5.41, 5.74) is 3.41. The number of ether oxygens (including phenoxy) is 1. The molecule has 0 radical (unpaired) electrons. The molecule has 4 aromatic carbocycles. The van der Waals surface area contributed by atoms with Gasteiger partial charge in [-0.3, -0.25) is 4.99 Å². The minimum Gasteiger partial charge on any atom is -0.489 e. The van der Waals surface area contributed by atoms with Gasteiger partial charge in [0.25, 0.3) is 0 Å². The van der Waals surface area contributed by atoms with Crippen LogP contribution in [0.25, 0.3) is 10.8 Å². The lowest BCUT2D eigenvalue weighted by atomic mass is 10.0. The second-order valence-corrected chi connectivity index (χ2v) is 6.91. The van der Waals surface area contributed by atoms with Gasteiger partial charge in [0.05, 0.1) is 6.04 Å². The summed E-state index contributed by atoms with van der Waals surface area (Å²) in [6.07, 6.45) is 1.93. The average molecular weight is 365 g/mol. The number of benzene rings is 4. The molecule has 28 heavy (non-hydrogen) atoms. The number of nitrogens with zero attached hydrogens (tertiary/aromatic N) is 1. The van der Waals surface area contributed by atoms with Crippen molar-refractivity contribution in [3.8, 4) is 5.75 Å². The van der Waals surface area contributed by atoms with Crippen molar-refractivity contribution < 1.29 is 4.74 Å². The molecular formula is C26H23NO. The Kier molecular flexibility index (Phi) is 5.48. The second kappa shape index (κ2) is 8.53. The van der Waals surface area contributed by atoms with Gasteiger partial charge in [0.15, 0.2) is 0 Å². The van der Waals surface area contributed by atoms with E-state index >= 15 is 0 Å². The van der Waals surface area contributed by atoms with Crippen molar-refractivity contribution in [1.29, 1.82) is 0 Å². The van der Waals surface area contributed by atoms with Crippen molar-refractivity contribution in [3.05, 3.63) is 114 Å². The highest BCUT2D eigenvalue weighted by Crippen LogP contribution is 2.23. The third-order valence-corrected chi connectivity index (χ3v) is 4.81. The molecule has 0 spiro atoms. The first-order valence-electron chi connectivity index (χ1n) is 9.56. The molecule has 2 heteroatoms. The zero-order chi connectivity index (χ0) is 19.2. The van der Waals surface area contributed by atoms with Crippen molar-refractivity contribution in [2.75, 3.05) is 0 Å². The summed E-state index contributed by atoms with van der Waals surface area (Å²) in [7, 11) is 0. The van der Waals surface area contributed by atoms with Gasteiger partial charge < -0.3 is 4.74 Å². The maximum Gasteiger partial charge on any atom is 0.120 e. The molecule has 0 aliphatic carbocycles. The maximum absolute atomic E-state index is 5.91. The first-order valence-corrected chi connectivity index (χ1v) is 9.56. The molecule has 0 aliphatic rings. The quantitative estimate of drug-likeness (QED) is 0.353. The molecule has 0 amide bonds. The molecule has 1 unspecified atom stereocenters. The largest absolute Gasteiger partial charge is 0.489 e. The van der Waals surface area contributed by atoms with Crippen LogP contribution in [0.15, 0.2) is 102 Å². The molecule has 2 nitrogen and oxygen atoms in total. The summed E-state index contributed by atoms with van der Waals surface area (Å²) in [6, 6.07) is 33.3. The van der Waals surface area contributed by atoms with E-state index in [-0.39, 0.29) is 6.04 Å². The number of hydrogen-bond acceptors (Lipinski definition) is 2. The van der Waals surface area contributed by atoms with Gasteiger partial charge in [-0.05, 0) is 52.6 Å². The van der Waals surface area contributed by atoms with E-state index in [1.165, 1.54) is 16.3 Å². The lowest BCUT2D eigenvalue weighted by Gasteiger charge is -2.09. The third kappa shape index (κ3) is 4.47. The summed E-state index contributed by atoms with van der Waals surface area (Å²) >= 11 is 0. The molecule has 0 bridgehead atoms. The number of hydrogen-bond donors (Lipinski definition) is 0. The van der Waals surface area contributed by atoms with E-state index in [1.807, 2.05) is 48.7 Å². The highest BCUT2D eigenvalue weighted by atomic mass is 16.5. The van der Waals surface area contributed by atoms with E-state index in [9.17, 15) is 0 Å². The molecule has 4 rings (SSSR count). The molecule has 0 saturated carbocycles. The summed E-state index contributed by atoms with van der Waals surface area (Å²) in [4.78, 5) is 4.75. The summed E-state index contributed by atoms with van der Waals surface area (Å²) in [6.45, 7) is 2.69. The fourth-order valence-corrected chi connectivity index (χ4v) is 3.18. The average Bonchev–Trinajstić information content (AvgIpc) is 2.77. The van der Waals surface area contributed by atoms with Crippen LogP contribution < -0.4 is 4.74 Å². The van der Waals surface area contributed by atoms with Crippen LogP contribution in [0.1, 0.15) is 29.7 Å². The van der Waals surface area contributed by atoms with Crippen LogP contribution >= 0.6 is 0 Å². The van der Waals surface area contributed by atoms with Crippen LogP contribution in [0.5, 0.6) is 5.75 Å². The minimum absolute atomic E-state index is 0.0958. The Morgan fingerprint density at radius 1 is 0.786 bits per heavy atom. The first kappa shape index (κ1) is 18.0. The van der Waals surface area contributed by atoms with Gasteiger partial charge in [0.2, 0.25) is 0 Å². The topological polar surface area (TPSA) is 21.6 Å². The molecule has 138 valence electrons. The Hall–Kier alpha value is -3.39. The Morgan fingerprint density at radius 2 is 1.57 bits per heavy atom. The molecule has 0 heterocycles. The summed E-state index contributed by atoms with van der Waals surface area (Å²) in [5.74, 6) is 0.853. The SMILES string of the molecule is CC(/N=C\c1cccc(OCc2ccccc2)c1)c1ccc2ccccc2c1. The fourth-order valence-electron chi connectivity index (χ4n) is 3.18. The number of rotatable bonds is 6. The van der Waals surface area contributed by atoms with E-state index < -0.39 is 0 Å². The molecular weight excluding hydrogens is 342 g/mol. The smallest absolute Gasteiger partial charge is 0.120 e. The lowest BCUT2D eigenvalue weighted by Crippen LogP contribution is -1.96. The zero-order valence-electron chi connectivity index (χ0n) is 16.0. The monoisotopic (exact) mass is 365 g/mol. The molecule has 0 fully saturated rings. The van der Waals surface area contributed by atoms with Gasteiger partial charge in [0, 0.05) is 6.21 Å². The molecule has 0 aromatic heterocycles. The van der Waals surface area contributed by atoms with Gasteiger partial charge >= 0.3 is 0 Å². The van der Waals surface area contributed by atoms with Gasteiger partial charge in [-0.2, -0.15) is 0 Å². The third-order valence-electron chi connectivity index (χ3n) is 4.81. The van der Waals surface area contributed by atoms with Crippen molar-refractivity contribution in [1.82, 2.24) is 0 Å². The molecule has 4 aromatic rings. The Morgan fingerprint density at radius 3 is 2.43 bits per heavy atom. The second-order valence-electron chi connectivity index (χ2n) is 6.91. The van der Waals surface area contributed by atoms with Crippen LogP contribution in [0, 0.1) is 0 Å². The van der Waals surface area contributed by atoms with E-state index in [2.05, 4.69) is 61.5 Å². The highest BCUT2D eigenvalue weighted by molar-refractivity contribution is 5.83. The van der Waals surface area contributed by atoms with Crippen molar-refractivity contribution in [2.24, 2.45) is 4.99 Å². The molecule has 0 saturated heterocycles. The van der Waals surface area contributed by atoms with Crippen LogP contribution in [-0.2, 0) is 6.61 Å². The van der Waals surface area contributed by atoms with Crippen LogP contribution in [0.2, 0.25) is 0 Å². The van der Waals surface area contributed by atoms with E-state index in [0.29, 0.717) is 6.61 Å². The highest BCUT2D eigenvalue weighted by Gasteiger charge is 2.04. The normalized spacial score (nSPS) is 12.3. The summed E-state index contributed by atoms with van der Waals surface area (Å²) < 4.78 is 5.91. The standard InChI is InChI=1S/C26H23NO/c1-20(24-15-14-23-11-5-6-12-25(23)17-24)27-18-22-10-7-13-26(16-22)28-19-21-8-3-2-4-9-21/h2-18,20H,19H2,1H3/b27-18-. The van der Waals surface area contributed by atoms with Gasteiger partial charge in [-0.25, -0.2) is 0 Å². The number of fused-ring (bicyclic) bond motifs is 1. The molecule has 1 atom stereocenters. The Labute approximate surface area is 166 Å². The van der Waals surface area contributed by atoms with Crippen LogP contribution in [0.4, 0.5) is 0 Å². The van der Waals surface area contributed by atoms with Crippen molar-refractivity contribution >= 4 is 17.0 Å². The van der Waals surface area contributed by atoms with Crippen LogP contribution in [-0.4, -0.2) is 6.21 Å². The maximum atomic E-state index is 5.91. The predicted molar refractivity (Wildman–Crippen MR) is 117 cm³/mol. The van der Waals surface area contributed by atoms with Gasteiger partial charge in [-0.1, -0.05) is 78.9 Å². The van der Waals surface area contributed by atoms with E-state index in [0.717, 1.165) is 16.9 Å². The molecule has 0 N–H and O–H groups in total. The predicted octanol–water partition coefficient (Wildman–Crippen LogP) is 6.60. The van der Waals surface area contributed by atoms with Gasteiger partial charge in [0.1, 0.15) is 12.4 Å². The van der Waals surface area contributed by atoms with Crippen LogP contribution in [0.3, 0.4) is 0 Å².